The number of rotatable bonds is 5. The van der Waals surface area contributed by atoms with E-state index in [4.69, 9.17) is 4.42 Å². The van der Waals surface area contributed by atoms with Crippen molar-refractivity contribution in [2.24, 2.45) is 0 Å². The van der Waals surface area contributed by atoms with Crippen molar-refractivity contribution in [3.05, 3.63) is 182 Å². The smallest absolute Gasteiger partial charge is 0.136 e. The standard InChI is InChI=1S/C46H30N2O/c1-4-14-31(15-5-1)47(32-16-6-2-7-17-32)34-26-28-43-40(30-34)46-38-22-12-21-35(36(38)27-29-44(46)49-43)37-23-13-25-42-45(37)39-20-10-11-24-41(39)48(42)33-18-8-3-9-19-33/h1-30H. The Morgan fingerprint density at radius 3 is 1.76 bits per heavy atom. The van der Waals surface area contributed by atoms with Crippen molar-refractivity contribution in [1.82, 2.24) is 4.57 Å². The van der Waals surface area contributed by atoms with Crippen LogP contribution in [0.5, 0.6) is 0 Å². The van der Waals surface area contributed by atoms with E-state index >= 15 is 0 Å². The van der Waals surface area contributed by atoms with Crippen LogP contribution in [0.4, 0.5) is 17.1 Å². The van der Waals surface area contributed by atoms with Crippen molar-refractivity contribution in [2.75, 3.05) is 4.90 Å². The summed E-state index contributed by atoms with van der Waals surface area (Å²) in [5.41, 5.74) is 11.1. The monoisotopic (exact) mass is 626 g/mol. The van der Waals surface area contributed by atoms with E-state index in [-0.39, 0.29) is 0 Å². The Kier molecular flexibility index (Phi) is 6.18. The maximum Gasteiger partial charge on any atom is 0.136 e. The topological polar surface area (TPSA) is 21.3 Å². The van der Waals surface area contributed by atoms with Crippen molar-refractivity contribution in [2.45, 2.75) is 0 Å². The molecule has 0 spiro atoms. The molecule has 8 aromatic carbocycles. The van der Waals surface area contributed by atoms with Gasteiger partial charge in [-0.1, -0.05) is 109 Å². The normalized spacial score (nSPS) is 11.7. The first-order chi connectivity index (χ1) is 24.3. The van der Waals surface area contributed by atoms with Crippen LogP contribution in [0, 0.1) is 0 Å². The van der Waals surface area contributed by atoms with Crippen LogP contribution in [0.3, 0.4) is 0 Å². The largest absolute Gasteiger partial charge is 0.456 e. The molecule has 3 heteroatoms. The first-order valence-corrected chi connectivity index (χ1v) is 16.7. The van der Waals surface area contributed by atoms with Crippen LogP contribution in [-0.4, -0.2) is 4.57 Å². The number of benzene rings is 8. The minimum atomic E-state index is 0.880. The Labute approximate surface area is 283 Å². The fraction of sp³-hybridized carbons (Fsp3) is 0. The maximum absolute atomic E-state index is 6.51. The lowest BCUT2D eigenvalue weighted by Crippen LogP contribution is -2.09. The molecule has 49 heavy (non-hydrogen) atoms. The van der Waals surface area contributed by atoms with Crippen molar-refractivity contribution in [1.29, 1.82) is 0 Å². The highest BCUT2D eigenvalue weighted by atomic mass is 16.3. The van der Waals surface area contributed by atoms with Gasteiger partial charge in [0.1, 0.15) is 11.2 Å². The van der Waals surface area contributed by atoms with Gasteiger partial charge in [-0.05, 0) is 94.7 Å². The zero-order chi connectivity index (χ0) is 32.3. The van der Waals surface area contributed by atoms with E-state index in [9.17, 15) is 0 Å². The summed E-state index contributed by atoms with van der Waals surface area (Å²) in [6, 6.07) is 64.8. The van der Waals surface area contributed by atoms with Crippen LogP contribution in [0.15, 0.2) is 186 Å². The number of furan rings is 1. The molecule has 2 heterocycles. The number of para-hydroxylation sites is 4. The van der Waals surface area contributed by atoms with Crippen molar-refractivity contribution in [3.63, 3.8) is 0 Å². The summed E-state index contributed by atoms with van der Waals surface area (Å²) in [5, 5.41) is 7.13. The third kappa shape index (κ3) is 4.29. The molecule has 0 amide bonds. The Morgan fingerprint density at radius 1 is 0.367 bits per heavy atom. The molecular formula is C46H30N2O. The van der Waals surface area contributed by atoms with Gasteiger partial charge in [0.05, 0.1) is 11.0 Å². The number of fused-ring (bicyclic) bond motifs is 8. The lowest BCUT2D eigenvalue weighted by molar-refractivity contribution is 0.669. The van der Waals surface area contributed by atoms with Crippen LogP contribution in [0.2, 0.25) is 0 Å². The highest BCUT2D eigenvalue weighted by Gasteiger charge is 2.20. The number of hydrogen-bond acceptors (Lipinski definition) is 2. The Hall–Kier alpha value is -6.58. The Morgan fingerprint density at radius 2 is 0.980 bits per heavy atom. The first kappa shape index (κ1) is 27.5. The Bertz CT molecular complexity index is 2770. The second-order valence-corrected chi connectivity index (χ2v) is 12.5. The van der Waals surface area contributed by atoms with Gasteiger partial charge >= 0.3 is 0 Å². The fourth-order valence-electron chi connectivity index (χ4n) is 7.70. The summed E-state index contributed by atoms with van der Waals surface area (Å²) in [6.45, 7) is 0. The molecule has 0 aliphatic heterocycles. The number of anilines is 3. The van der Waals surface area contributed by atoms with Gasteiger partial charge in [0.25, 0.3) is 0 Å². The summed E-state index contributed by atoms with van der Waals surface area (Å²) in [4.78, 5) is 2.30. The predicted octanol–water partition coefficient (Wildman–Crippen LogP) is 13.0. The van der Waals surface area contributed by atoms with Crippen molar-refractivity contribution < 1.29 is 4.42 Å². The molecule has 230 valence electrons. The SMILES string of the molecule is c1ccc(N(c2ccccc2)c2ccc3oc4ccc5c(-c6cccc7c6c6ccccc6n7-c6ccccc6)cccc5c4c3c2)cc1. The fourth-order valence-corrected chi connectivity index (χ4v) is 7.70. The molecule has 0 aliphatic rings. The van der Waals surface area contributed by atoms with Gasteiger partial charge < -0.3 is 13.9 Å². The third-order valence-corrected chi connectivity index (χ3v) is 9.76. The molecule has 0 radical (unpaired) electrons. The highest BCUT2D eigenvalue weighted by molar-refractivity contribution is 6.24. The quantitative estimate of drug-likeness (QED) is 0.190. The van der Waals surface area contributed by atoms with Crippen LogP contribution < -0.4 is 4.90 Å². The van der Waals surface area contributed by atoms with Crippen molar-refractivity contribution in [3.8, 4) is 16.8 Å². The average Bonchev–Trinajstić information content (AvgIpc) is 3.72. The third-order valence-electron chi connectivity index (χ3n) is 9.76. The summed E-state index contributed by atoms with van der Waals surface area (Å²) in [6.07, 6.45) is 0. The zero-order valence-electron chi connectivity index (χ0n) is 26.6. The van der Waals surface area contributed by atoms with E-state index in [1.165, 1.54) is 43.7 Å². The van der Waals surface area contributed by atoms with E-state index in [1.807, 2.05) is 0 Å². The van der Waals surface area contributed by atoms with E-state index in [1.54, 1.807) is 0 Å². The number of hydrogen-bond donors (Lipinski definition) is 0. The molecule has 0 atom stereocenters. The van der Waals surface area contributed by atoms with E-state index in [0.29, 0.717) is 0 Å². The lowest BCUT2D eigenvalue weighted by atomic mass is 9.93. The minimum absolute atomic E-state index is 0.880. The molecule has 0 N–H and O–H groups in total. The van der Waals surface area contributed by atoms with Gasteiger partial charge in [-0.25, -0.2) is 0 Å². The summed E-state index contributed by atoms with van der Waals surface area (Å²) in [5.74, 6) is 0. The molecule has 0 unspecified atom stereocenters. The minimum Gasteiger partial charge on any atom is -0.456 e. The van der Waals surface area contributed by atoms with Gasteiger partial charge in [-0.2, -0.15) is 0 Å². The molecule has 3 nitrogen and oxygen atoms in total. The number of nitrogens with zero attached hydrogens (tertiary/aromatic N) is 2. The molecule has 10 rings (SSSR count). The maximum atomic E-state index is 6.51. The lowest BCUT2D eigenvalue weighted by Gasteiger charge is -2.25. The summed E-state index contributed by atoms with van der Waals surface area (Å²) < 4.78 is 8.89. The van der Waals surface area contributed by atoms with Crippen LogP contribution in [-0.2, 0) is 0 Å². The summed E-state index contributed by atoms with van der Waals surface area (Å²) >= 11 is 0. The molecule has 10 aromatic rings. The van der Waals surface area contributed by atoms with Gasteiger partial charge in [-0.3, -0.25) is 0 Å². The molecule has 0 fully saturated rings. The number of aromatic nitrogens is 1. The van der Waals surface area contributed by atoms with Gasteiger partial charge in [-0.15, -0.1) is 0 Å². The van der Waals surface area contributed by atoms with Crippen molar-refractivity contribution >= 4 is 71.6 Å². The molecule has 0 bridgehead atoms. The Balaban J connectivity index is 1.22. The molecule has 2 aromatic heterocycles. The van der Waals surface area contributed by atoms with Crippen LogP contribution in [0.25, 0.3) is 71.3 Å². The van der Waals surface area contributed by atoms with Gasteiger partial charge in [0.15, 0.2) is 0 Å². The molecule has 0 saturated heterocycles. The van der Waals surface area contributed by atoms with Crippen LogP contribution >= 0.6 is 0 Å². The molecular weight excluding hydrogens is 597 g/mol. The van der Waals surface area contributed by atoms with Crippen LogP contribution in [0.1, 0.15) is 0 Å². The highest BCUT2D eigenvalue weighted by Crippen LogP contribution is 2.44. The van der Waals surface area contributed by atoms with Gasteiger partial charge in [0.2, 0.25) is 0 Å². The van der Waals surface area contributed by atoms with Gasteiger partial charge in [0, 0.05) is 44.3 Å². The van der Waals surface area contributed by atoms with E-state index in [2.05, 4.69) is 191 Å². The molecule has 0 aliphatic carbocycles. The summed E-state index contributed by atoms with van der Waals surface area (Å²) in [7, 11) is 0. The first-order valence-electron chi connectivity index (χ1n) is 16.7. The predicted molar refractivity (Wildman–Crippen MR) is 206 cm³/mol. The average molecular weight is 627 g/mol. The second-order valence-electron chi connectivity index (χ2n) is 12.5. The zero-order valence-corrected chi connectivity index (χ0v) is 26.6. The van der Waals surface area contributed by atoms with E-state index < -0.39 is 0 Å². The second kappa shape index (κ2) is 11.0. The molecule has 0 saturated carbocycles. The van der Waals surface area contributed by atoms with E-state index in [0.717, 1.165) is 44.7 Å².